The van der Waals surface area contributed by atoms with Crippen molar-refractivity contribution in [3.8, 4) is 0 Å². The van der Waals surface area contributed by atoms with Gasteiger partial charge in [-0.05, 0) is 32.0 Å². The number of carbonyl (C=O) groups is 3. The van der Waals surface area contributed by atoms with Crippen molar-refractivity contribution in [1.82, 2.24) is 24.6 Å². The number of hydrogen-bond donors (Lipinski definition) is 0. The van der Waals surface area contributed by atoms with Crippen molar-refractivity contribution >= 4 is 17.7 Å². The summed E-state index contributed by atoms with van der Waals surface area (Å²) in [6.45, 7) is 2.23. The summed E-state index contributed by atoms with van der Waals surface area (Å²) >= 11 is 0. The van der Waals surface area contributed by atoms with Gasteiger partial charge in [-0.15, -0.1) is 0 Å². The molecule has 3 amide bonds. The van der Waals surface area contributed by atoms with E-state index in [1.165, 1.54) is 17.0 Å². The van der Waals surface area contributed by atoms with E-state index in [1.54, 1.807) is 23.9 Å². The smallest absolute Gasteiger partial charge is 0.243 e. The van der Waals surface area contributed by atoms with Gasteiger partial charge in [0, 0.05) is 46.0 Å². The van der Waals surface area contributed by atoms with Gasteiger partial charge in [0.25, 0.3) is 0 Å². The largest absolute Gasteiger partial charge is 0.347 e. The van der Waals surface area contributed by atoms with Crippen LogP contribution in [0.1, 0.15) is 18.5 Å². The Morgan fingerprint density at radius 1 is 1.17 bits per heavy atom. The molecule has 0 radical (unpaired) electrons. The second-order valence-corrected chi connectivity index (χ2v) is 7.99. The van der Waals surface area contributed by atoms with Crippen LogP contribution in [-0.4, -0.2) is 102 Å². The fourth-order valence-electron chi connectivity index (χ4n) is 4.00. The summed E-state index contributed by atoms with van der Waals surface area (Å²) in [5, 5.41) is 0. The lowest BCUT2D eigenvalue weighted by Crippen LogP contribution is -2.68. The molecule has 9 heteroatoms. The highest BCUT2D eigenvalue weighted by Crippen LogP contribution is 2.33. The zero-order chi connectivity index (χ0) is 21.2. The van der Waals surface area contributed by atoms with Crippen LogP contribution in [0.3, 0.4) is 0 Å². The van der Waals surface area contributed by atoms with Gasteiger partial charge in [-0.3, -0.25) is 24.3 Å². The Morgan fingerprint density at radius 2 is 1.86 bits per heavy atom. The van der Waals surface area contributed by atoms with Crippen LogP contribution < -0.4 is 0 Å². The minimum absolute atomic E-state index is 0.0336. The number of halogens is 1. The molecule has 2 fully saturated rings. The Balaban J connectivity index is 1.63. The molecule has 0 aromatic carbocycles. The standard InChI is InChI=1S/C20H28FN5O3/c1-23(2)18(28)14-26-11-10-24(3)20(19(26)29)6-8-25(9-7-20)17(27)12-16-5-4-15(21)13-22-16/h4-5,13H,6-12,14H2,1-3H3. The molecule has 0 N–H and O–H groups in total. The molecule has 0 saturated carbocycles. The van der Waals surface area contributed by atoms with E-state index in [0.29, 0.717) is 44.7 Å². The summed E-state index contributed by atoms with van der Waals surface area (Å²) in [5.41, 5.74) is -0.147. The number of piperidine rings is 1. The normalized spacial score (nSPS) is 19.5. The number of pyridine rings is 1. The van der Waals surface area contributed by atoms with Crippen LogP contribution in [-0.2, 0) is 20.8 Å². The molecule has 3 heterocycles. The second kappa shape index (κ2) is 8.44. The van der Waals surface area contributed by atoms with Crippen LogP contribution in [0.5, 0.6) is 0 Å². The molecule has 2 saturated heterocycles. The predicted octanol–water partition coefficient (Wildman–Crippen LogP) is -0.0134. The number of piperazine rings is 1. The summed E-state index contributed by atoms with van der Waals surface area (Å²) < 4.78 is 13.0. The van der Waals surface area contributed by atoms with Crippen molar-refractivity contribution in [3.05, 3.63) is 29.8 Å². The van der Waals surface area contributed by atoms with E-state index in [-0.39, 0.29) is 30.7 Å². The number of amides is 3. The molecule has 0 unspecified atom stereocenters. The number of hydrogen-bond acceptors (Lipinski definition) is 5. The first kappa shape index (κ1) is 21.2. The third-order valence-electron chi connectivity index (χ3n) is 6.01. The van der Waals surface area contributed by atoms with Crippen LogP contribution in [0.25, 0.3) is 0 Å². The van der Waals surface area contributed by atoms with Gasteiger partial charge in [0.15, 0.2) is 0 Å². The van der Waals surface area contributed by atoms with Gasteiger partial charge in [0.2, 0.25) is 17.7 Å². The molecule has 0 bridgehead atoms. The summed E-state index contributed by atoms with van der Waals surface area (Å²) in [5.74, 6) is -0.645. The monoisotopic (exact) mass is 405 g/mol. The maximum absolute atomic E-state index is 13.2. The maximum atomic E-state index is 13.2. The number of aromatic nitrogens is 1. The summed E-state index contributed by atoms with van der Waals surface area (Å²) in [6, 6.07) is 2.80. The molecule has 2 aliphatic heterocycles. The minimum Gasteiger partial charge on any atom is -0.347 e. The van der Waals surface area contributed by atoms with Gasteiger partial charge in [0.05, 0.1) is 19.2 Å². The zero-order valence-corrected chi connectivity index (χ0v) is 17.2. The van der Waals surface area contributed by atoms with Crippen LogP contribution in [0.2, 0.25) is 0 Å². The molecule has 158 valence electrons. The van der Waals surface area contributed by atoms with Crippen molar-refractivity contribution in [1.29, 1.82) is 0 Å². The molecular weight excluding hydrogens is 377 g/mol. The van der Waals surface area contributed by atoms with Crippen LogP contribution in [0, 0.1) is 5.82 Å². The first-order chi connectivity index (χ1) is 13.7. The van der Waals surface area contributed by atoms with Crippen LogP contribution in [0.15, 0.2) is 18.3 Å². The second-order valence-electron chi connectivity index (χ2n) is 7.99. The van der Waals surface area contributed by atoms with Gasteiger partial charge < -0.3 is 14.7 Å². The molecular formula is C20H28FN5O3. The molecule has 3 rings (SSSR count). The average Bonchev–Trinajstić information content (AvgIpc) is 2.70. The molecule has 2 aliphatic rings. The molecule has 29 heavy (non-hydrogen) atoms. The van der Waals surface area contributed by atoms with E-state index in [9.17, 15) is 18.8 Å². The van der Waals surface area contributed by atoms with E-state index >= 15 is 0 Å². The number of nitrogens with zero attached hydrogens (tertiary/aromatic N) is 5. The first-order valence-electron chi connectivity index (χ1n) is 9.82. The van der Waals surface area contributed by atoms with Gasteiger partial charge >= 0.3 is 0 Å². The van der Waals surface area contributed by atoms with Crippen LogP contribution in [0.4, 0.5) is 4.39 Å². The number of carbonyl (C=O) groups excluding carboxylic acids is 3. The molecule has 8 nitrogen and oxygen atoms in total. The van der Waals surface area contributed by atoms with E-state index in [4.69, 9.17) is 0 Å². The van der Waals surface area contributed by atoms with Crippen molar-refractivity contribution < 1.29 is 18.8 Å². The Kier molecular flexibility index (Phi) is 6.16. The molecule has 1 aromatic heterocycles. The van der Waals surface area contributed by atoms with Gasteiger partial charge in [-0.2, -0.15) is 0 Å². The Morgan fingerprint density at radius 3 is 2.45 bits per heavy atom. The molecule has 0 aliphatic carbocycles. The van der Waals surface area contributed by atoms with Crippen molar-refractivity contribution in [3.63, 3.8) is 0 Å². The molecule has 1 spiro atoms. The highest BCUT2D eigenvalue weighted by atomic mass is 19.1. The fourth-order valence-corrected chi connectivity index (χ4v) is 4.00. The third kappa shape index (κ3) is 4.39. The summed E-state index contributed by atoms with van der Waals surface area (Å²) in [7, 11) is 5.29. The van der Waals surface area contributed by atoms with E-state index < -0.39 is 11.4 Å². The van der Waals surface area contributed by atoms with Crippen molar-refractivity contribution in [2.75, 3.05) is 53.9 Å². The summed E-state index contributed by atoms with van der Waals surface area (Å²) in [4.78, 5) is 48.8. The van der Waals surface area contributed by atoms with Gasteiger partial charge in [-0.1, -0.05) is 0 Å². The number of rotatable bonds is 4. The zero-order valence-electron chi connectivity index (χ0n) is 17.2. The number of likely N-dealkylation sites (N-methyl/N-ethyl adjacent to an activating group) is 2. The summed E-state index contributed by atoms with van der Waals surface area (Å²) in [6.07, 6.45) is 2.27. The molecule has 1 aromatic rings. The highest BCUT2D eigenvalue weighted by Gasteiger charge is 2.50. The Bertz CT molecular complexity index is 775. The van der Waals surface area contributed by atoms with Crippen molar-refractivity contribution in [2.45, 2.75) is 24.8 Å². The van der Waals surface area contributed by atoms with Crippen molar-refractivity contribution in [2.24, 2.45) is 0 Å². The minimum atomic E-state index is -0.671. The SMILES string of the molecule is CN(C)C(=O)CN1CCN(C)C2(CCN(C(=O)Cc3ccc(F)cn3)CC2)C1=O. The topological polar surface area (TPSA) is 77.1 Å². The fraction of sp³-hybridized carbons (Fsp3) is 0.600. The molecule has 0 atom stereocenters. The third-order valence-corrected chi connectivity index (χ3v) is 6.01. The highest BCUT2D eigenvalue weighted by molar-refractivity contribution is 5.91. The van der Waals surface area contributed by atoms with E-state index in [2.05, 4.69) is 9.88 Å². The van der Waals surface area contributed by atoms with Crippen LogP contribution >= 0.6 is 0 Å². The predicted molar refractivity (Wildman–Crippen MR) is 104 cm³/mol. The average molecular weight is 405 g/mol. The Labute approximate surface area is 170 Å². The van der Waals surface area contributed by atoms with Gasteiger partial charge in [-0.25, -0.2) is 4.39 Å². The quantitative estimate of drug-likeness (QED) is 0.704. The number of likely N-dealkylation sites (tertiary alicyclic amines) is 1. The van der Waals surface area contributed by atoms with E-state index in [1.807, 2.05) is 7.05 Å². The lowest BCUT2D eigenvalue weighted by molar-refractivity contribution is -0.159. The first-order valence-corrected chi connectivity index (χ1v) is 9.82. The van der Waals surface area contributed by atoms with E-state index in [0.717, 1.165) is 6.20 Å². The lowest BCUT2D eigenvalue weighted by Gasteiger charge is -2.51. The van der Waals surface area contributed by atoms with Gasteiger partial charge in [0.1, 0.15) is 11.4 Å². The lowest BCUT2D eigenvalue weighted by atomic mass is 9.82. The maximum Gasteiger partial charge on any atom is 0.243 e. The Hall–Kier alpha value is -2.55.